The molecule has 20 heavy (non-hydrogen) atoms. The summed E-state index contributed by atoms with van der Waals surface area (Å²) in [5, 5.41) is 10.4. The van der Waals surface area contributed by atoms with Crippen LogP contribution in [0.4, 0.5) is 0 Å². The second-order valence-corrected chi connectivity index (χ2v) is 5.77. The fourth-order valence-corrected chi connectivity index (χ4v) is 3.02. The predicted octanol–water partition coefficient (Wildman–Crippen LogP) is 3.37. The number of fused-ring (bicyclic) bond motifs is 1. The molecule has 0 aliphatic carbocycles. The van der Waals surface area contributed by atoms with Gasteiger partial charge in [0.05, 0.1) is 6.10 Å². The summed E-state index contributed by atoms with van der Waals surface area (Å²) >= 11 is 0. The molecular weight excluding hydrogens is 246 g/mol. The summed E-state index contributed by atoms with van der Waals surface area (Å²) in [6, 6.07) is 18.6. The van der Waals surface area contributed by atoms with E-state index in [4.69, 9.17) is 0 Å². The van der Waals surface area contributed by atoms with Crippen LogP contribution in [0, 0.1) is 5.92 Å². The van der Waals surface area contributed by atoms with E-state index in [0.29, 0.717) is 0 Å². The predicted molar refractivity (Wildman–Crippen MR) is 81.1 cm³/mol. The Morgan fingerprint density at radius 1 is 0.950 bits per heavy atom. The van der Waals surface area contributed by atoms with Crippen molar-refractivity contribution in [3.05, 3.63) is 71.3 Å². The van der Waals surface area contributed by atoms with Gasteiger partial charge >= 0.3 is 0 Å². The van der Waals surface area contributed by atoms with Crippen LogP contribution in [0.2, 0.25) is 0 Å². The topological polar surface area (TPSA) is 23.5 Å². The number of rotatable bonds is 4. The zero-order chi connectivity index (χ0) is 13.9. The van der Waals surface area contributed by atoms with Gasteiger partial charge in [0, 0.05) is 19.6 Å². The molecule has 0 bridgehead atoms. The van der Waals surface area contributed by atoms with Crippen molar-refractivity contribution >= 4 is 0 Å². The van der Waals surface area contributed by atoms with Gasteiger partial charge < -0.3 is 5.11 Å². The largest absolute Gasteiger partial charge is 0.388 e. The Morgan fingerprint density at radius 2 is 1.50 bits per heavy atom. The number of aliphatic hydroxyl groups excluding tert-OH is 1. The zero-order valence-electron chi connectivity index (χ0n) is 11.9. The lowest BCUT2D eigenvalue weighted by molar-refractivity contribution is 0.0874. The Balaban J connectivity index is 1.62. The van der Waals surface area contributed by atoms with E-state index in [2.05, 4.69) is 36.1 Å². The van der Waals surface area contributed by atoms with E-state index < -0.39 is 0 Å². The van der Waals surface area contributed by atoms with Gasteiger partial charge in [-0.1, -0.05) is 61.5 Å². The van der Waals surface area contributed by atoms with Crippen LogP contribution in [-0.4, -0.2) is 16.6 Å². The lowest BCUT2D eigenvalue weighted by Crippen LogP contribution is -2.26. The molecule has 3 rings (SSSR count). The van der Waals surface area contributed by atoms with E-state index in [1.807, 2.05) is 30.3 Å². The highest BCUT2D eigenvalue weighted by molar-refractivity contribution is 5.30. The van der Waals surface area contributed by atoms with Crippen molar-refractivity contribution in [2.24, 2.45) is 5.92 Å². The molecule has 0 fully saturated rings. The summed E-state index contributed by atoms with van der Waals surface area (Å²) in [5.41, 5.74) is 3.86. The minimum atomic E-state index is -0.389. The Bertz CT molecular complexity index is 542. The summed E-state index contributed by atoms with van der Waals surface area (Å²) in [6.07, 6.45) is -0.389. The van der Waals surface area contributed by atoms with Gasteiger partial charge in [-0.25, -0.2) is 0 Å². The molecule has 2 nitrogen and oxygen atoms in total. The van der Waals surface area contributed by atoms with E-state index in [-0.39, 0.29) is 12.0 Å². The third kappa shape index (κ3) is 2.77. The van der Waals surface area contributed by atoms with Crippen LogP contribution in [-0.2, 0) is 13.1 Å². The summed E-state index contributed by atoms with van der Waals surface area (Å²) in [4.78, 5) is 2.42. The highest BCUT2D eigenvalue weighted by Crippen LogP contribution is 2.27. The summed E-state index contributed by atoms with van der Waals surface area (Å²) < 4.78 is 0. The smallest absolute Gasteiger partial charge is 0.0827 e. The summed E-state index contributed by atoms with van der Waals surface area (Å²) in [5.74, 6) is 0.228. The number of benzene rings is 2. The molecule has 104 valence electrons. The molecule has 0 aromatic heterocycles. The minimum absolute atomic E-state index is 0.228. The Hall–Kier alpha value is -1.64. The Morgan fingerprint density at radius 3 is 2.10 bits per heavy atom. The van der Waals surface area contributed by atoms with Crippen LogP contribution in [0.5, 0.6) is 0 Å². The first-order valence-electron chi connectivity index (χ1n) is 7.26. The lowest BCUT2D eigenvalue weighted by Gasteiger charge is -2.24. The van der Waals surface area contributed by atoms with Crippen LogP contribution in [0.15, 0.2) is 54.6 Å². The number of aliphatic hydroxyl groups is 1. The third-order valence-electron chi connectivity index (χ3n) is 4.13. The molecule has 2 atom stereocenters. The molecule has 1 aliphatic heterocycles. The first-order valence-corrected chi connectivity index (χ1v) is 7.26. The molecule has 0 saturated carbocycles. The first-order chi connectivity index (χ1) is 9.74. The summed E-state index contributed by atoms with van der Waals surface area (Å²) in [7, 11) is 0. The van der Waals surface area contributed by atoms with Gasteiger partial charge in [0.25, 0.3) is 0 Å². The van der Waals surface area contributed by atoms with Crippen molar-refractivity contribution in [3.63, 3.8) is 0 Å². The van der Waals surface area contributed by atoms with Gasteiger partial charge in [-0.05, 0) is 22.6 Å². The second-order valence-electron chi connectivity index (χ2n) is 5.77. The SMILES string of the molecule is CC(CN1Cc2ccccc2C1)C(O)c1ccccc1. The van der Waals surface area contributed by atoms with Crippen LogP contribution in [0.1, 0.15) is 29.7 Å². The van der Waals surface area contributed by atoms with Gasteiger partial charge in [0.1, 0.15) is 0 Å². The zero-order valence-corrected chi connectivity index (χ0v) is 11.9. The molecule has 1 aliphatic rings. The van der Waals surface area contributed by atoms with Gasteiger partial charge in [0.2, 0.25) is 0 Å². The molecule has 2 unspecified atom stereocenters. The van der Waals surface area contributed by atoms with Gasteiger partial charge in [-0.2, -0.15) is 0 Å². The van der Waals surface area contributed by atoms with Crippen LogP contribution >= 0.6 is 0 Å². The first kappa shape index (κ1) is 13.3. The van der Waals surface area contributed by atoms with E-state index in [0.717, 1.165) is 25.2 Å². The van der Waals surface area contributed by atoms with E-state index in [9.17, 15) is 5.11 Å². The van der Waals surface area contributed by atoms with Crippen molar-refractivity contribution in [2.45, 2.75) is 26.1 Å². The van der Waals surface area contributed by atoms with E-state index >= 15 is 0 Å². The van der Waals surface area contributed by atoms with Crippen molar-refractivity contribution in [2.75, 3.05) is 6.54 Å². The highest BCUT2D eigenvalue weighted by Gasteiger charge is 2.23. The molecule has 2 aromatic carbocycles. The van der Waals surface area contributed by atoms with E-state index in [1.165, 1.54) is 11.1 Å². The van der Waals surface area contributed by atoms with Gasteiger partial charge in [-0.15, -0.1) is 0 Å². The maximum Gasteiger partial charge on any atom is 0.0827 e. The highest BCUT2D eigenvalue weighted by atomic mass is 16.3. The maximum atomic E-state index is 10.4. The van der Waals surface area contributed by atoms with Crippen LogP contribution in [0.25, 0.3) is 0 Å². The molecule has 2 heteroatoms. The average Bonchev–Trinajstić information content (AvgIpc) is 2.89. The van der Waals surface area contributed by atoms with E-state index in [1.54, 1.807) is 0 Å². The normalized spacial score (nSPS) is 17.7. The minimum Gasteiger partial charge on any atom is -0.388 e. The molecule has 0 saturated heterocycles. The van der Waals surface area contributed by atoms with Crippen molar-refractivity contribution in [1.82, 2.24) is 4.90 Å². The molecule has 1 heterocycles. The Kier molecular flexibility index (Phi) is 3.86. The molecule has 2 aromatic rings. The van der Waals surface area contributed by atoms with Crippen LogP contribution < -0.4 is 0 Å². The van der Waals surface area contributed by atoms with Gasteiger partial charge in [-0.3, -0.25) is 4.90 Å². The van der Waals surface area contributed by atoms with Crippen molar-refractivity contribution in [3.8, 4) is 0 Å². The fraction of sp³-hybridized carbons (Fsp3) is 0.333. The monoisotopic (exact) mass is 267 g/mol. The average molecular weight is 267 g/mol. The second kappa shape index (κ2) is 5.78. The quantitative estimate of drug-likeness (QED) is 0.918. The molecule has 0 amide bonds. The molecule has 0 spiro atoms. The Labute approximate surface area is 120 Å². The summed E-state index contributed by atoms with van der Waals surface area (Å²) in [6.45, 7) is 5.05. The van der Waals surface area contributed by atoms with Crippen LogP contribution in [0.3, 0.4) is 0 Å². The molecule has 1 N–H and O–H groups in total. The molecule has 0 radical (unpaired) electrons. The fourth-order valence-electron chi connectivity index (χ4n) is 3.02. The molecular formula is C18H21NO. The number of hydrogen-bond acceptors (Lipinski definition) is 2. The van der Waals surface area contributed by atoms with Crippen molar-refractivity contribution in [1.29, 1.82) is 0 Å². The number of hydrogen-bond donors (Lipinski definition) is 1. The third-order valence-corrected chi connectivity index (χ3v) is 4.13. The lowest BCUT2D eigenvalue weighted by atomic mass is 9.97. The number of nitrogens with zero attached hydrogens (tertiary/aromatic N) is 1. The van der Waals surface area contributed by atoms with Crippen molar-refractivity contribution < 1.29 is 5.11 Å². The maximum absolute atomic E-state index is 10.4. The standard InChI is InChI=1S/C18H21NO/c1-14(18(20)15-7-3-2-4-8-15)11-19-12-16-9-5-6-10-17(16)13-19/h2-10,14,18,20H,11-13H2,1H3. The van der Waals surface area contributed by atoms with Gasteiger partial charge in [0.15, 0.2) is 0 Å².